The molecule has 0 saturated carbocycles. The molecule has 1 aromatic carbocycles. The summed E-state index contributed by atoms with van der Waals surface area (Å²) in [5.74, 6) is -0.184. The Bertz CT molecular complexity index is 633. The van der Waals surface area contributed by atoms with E-state index in [0.717, 1.165) is 10.9 Å². The van der Waals surface area contributed by atoms with Crippen LogP contribution in [0.4, 0.5) is 5.69 Å². The molecular weight excluding hydrogens is 256 g/mol. The molecule has 2 amide bonds. The Labute approximate surface area is 116 Å². The van der Waals surface area contributed by atoms with Gasteiger partial charge in [0, 0.05) is 31.9 Å². The number of benzene rings is 1. The van der Waals surface area contributed by atoms with Gasteiger partial charge in [0.2, 0.25) is 11.8 Å². The van der Waals surface area contributed by atoms with Crippen LogP contribution >= 0.6 is 0 Å². The van der Waals surface area contributed by atoms with Gasteiger partial charge in [-0.25, -0.2) is 0 Å². The molecule has 0 saturated heterocycles. The quantitative estimate of drug-likeness (QED) is 0.749. The predicted octanol–water partition coefficient (Wildman–Crippen LogP) is 0.675. The first-order valence-corrected chi connectivity index (χ1v) is 6.43. The molecule has 0 bridgehead atoms. The van der Waals surface area contributed by atoms with Crippen molar-refractivity contribution in [3.8, 4) is 0 Å². The molecule has 1 aromatic heterocycles. The minimum atomic E-state index is -0.115. The Kier molecular flexibility index (Phi) is 4.37. The van der Waals surface area contributed by atoms with Gasteiger partial charge in [-0.1, -0.05) is 6.07 Å². The zero-order chi connectivity index (χ0) is 14.5. The highest BCUT2D eigenvalue weighted by Gasteiger charge is 2.07. The van der Waals surface area contributed by atoms with Gasteiger partial charge in [0.05, 0.1) is 5.52 Å². The largest absolute Gasteiger partial charge is 0.358 e. The Hall–Kier alpha value is -2.34. The standard InChI is InChI=1S/C14H18N4O2/c1-16-14(20)9-18-7-5-10-2-3-11(8-12(10)18)17-13(19)4-6-15/h2-3,5,7-8H,4,6,9,15H2,1H3,(H,16,20)(H,17,19). The summed E-state index contributed by atoms with van der Waals surface area (Å²) < 4.78 is 1.84. The Morgan fingerprint density at radius 1 is 1.25 bits per heavy atom. The molecule has 0 unspecified atom stereocenters. The van der Waals surface area contributed by atoms with Crippen LogP contribution in [0.15, 0.2) is 30.5 Å². The van der Waals surface area contributed by atoms with Gasteiger partial charge in [0.15, 0.2) is 0 Å². The van der Waals surface area contributed by atoms with Crippen LogP contribution < -0.4 is 16.4 Å². The smallest absolute Gasteiger partial charge is 0.239 e. The number of amides is 2. The van der Waals surface area contributed by atoms with Crippen molar-refractivity contribution in [1.82, 2.24) is 9.88 Å². The molecule has 0 spiro atoms. The maximum absolute atomic E-state index is 11.5. The molecule has 0 aliphatic heterocycles. The van der Waals surface area contributed by atoms with Crippen LogP contribution in [0.1, 0.15) is 6.42 Å². The summed E-state index contributed by atoms with van der Waals surface area (Å²) in [6, 6.07) is 7.53. The number of nitrogens with zero attached hydrogens (tertiary/aromatic N) is 1. The second-order valence-corrected chi connectivity index (χ2v) is 4.48. The lowest BCUT2D eigenvalue weighted by Crippen LogP contribution is -2.23. The van der Waals surface area contributed by atoms with Crippen molar-refractivity contribution in [3.05, 3.63) is 30.5 Å². The minimum absolute atomic E-state index is 0.0694. The van der Waals surface area contributed by atoms with Crippen molar-refractivity contribution in [2.45, 2.75) is 13.0 Å². The van der Waals surface area contributed by atoms with Crippen LogP contribution in [-0.2, 0) is 16.1 Å². The number of nitrogens with two attached hydrogens (primary N) is 1. The fourth-order valence-electron chi connectivity index (χ4n) is 1.99. The number of carbonyl (C=O) groups excluding carboxylic acids is 2. The first-order chi connectivity index (χ1) is 9.63. The monoisotopic (exact) mass is 274 g/mol. The summed E-state index contributed by atoms with van der Waals surface area (Å²) in [5, 5.41) is 6.39. The van der Waals surface area contributed by atoms with E-state index in [1.807, 2.05) is 35.0 Å². The molecule has 0 fully saturated rings. The highest BCUT2D eigenvalue weighted by molar-refractivity contribution is 5.94. The average molecular weight is 274 g/mol. The van der Waals surface area contributed by atoms with Gasteiger partial charge in [-0.15, -0.1) is 0 Å². The fourth-order valence-corrected chi connectivity index (χ4v) is 1.99. The third-order valence-electron chi connectivity index (χ3n) is 3.02. The highest BCUT2D eigenvalue weighted by atomic mass is 16.2. The predicted molar refractivity (Wildman–Crippen MR) is 78.3 cm³/mol. The number of hydrogen-bond donors (Lipinski definition) is 3. The van der Waals surface area contributed by atoms with E-state index in [0.29, 0.717) is 12.2 Å². The van der Waals surface area contributed by atoms with Gasteiger partial charge in [0.1, 0.15) is 6.54 Å². The molecule has 0 aliphatic carbocycles. The van der Waals surface area contributed by atoms with E-state index in [9.17, 15) is 9.59 Å². The third-order valence-corrected chi connectivity index (χ3v) is 3.02. The van der Waals surface area contributed by atoms with Crippen molar-refractivity contribution < 1.29 is 9.59 Å². The molecule has 4 N–H and O–H groups in total. The number of nitrogens with one attached hydrogen (secondary N) is 2. The van der Waals surface area contributed by atoms with Crippen LogP contribution in [0.25, 0.3) is 10.9 Å². The van der Waals surface area contributed by atoms with E-state index in [4.69, 9.17) is 5.73 Å². The second kappa shape index (κ2) is 6.21. The first-order valence-electron chi connectivity index (χ1n) is 6.43. The van der Waals surface area contributed by atoms with Gasteiger partial charge in [-0.2, -0.15) is 0 Å². The van der Waals surface area contributed by atoms with Crippen molar-refractivity contribution in [2.75, 3.05) is 18.9 Å². The van der Waals surface area contributed by atoms with Crippen LogP contribution in [0, 0.1) is 0 Å². The van der Waals surface area contributed by atoms with E-state index in [1.54, 1.807) is 7.05 Å². The summed E-state index contributed by atoms with van der Waals surface area (Å²) in [5.41, 5.74) is 6.95. The van der Waals surface area contributed by atoms with Gasteiger partial charge >= 0.3 is 0 Å². The molecule has 2 aromatic rings. The molecule has 6 heteroatoms. The van der Waals surface area contributed by atoms with Gasteiger partial charge in [0.25, 0.3) is 0 Å². The summed E-state index contributed by atoms with van der Waals surface area (Å²) in [7, 11) is 1.60. The van der Waals surface area contributed by atoms with Crippen LogP contribution in [0.5, 0.6) is 0 Å². The lowest BCUT2D eigenvalue weighted by molar-refractivity contribution is -0.121. The first kappa shape index (κ1) is 14.1. The van der Waals surface area contributed by atoms with Crippen molar-refractivity contribution in [3.63, 3.8) is 0 Å². The van der Waals surface area contributed by atoms with E-state index < -0.39 is 0 Å². The molecule has 106 valence electrons. The molecule has 0 aliphatic rings. The van der Waals surface area contributed by atoms with Crippen molar-refractivity contribution in [2.24, 2.45) is 5.73 Å². The number of likely N-dealkylation sites (N-methyl/N-ethyl adjacent to an activating group) is 1. The number of anilines is 1. The Balaban J connectivity index is 2.25. The van der Waals surface area contributed by atoms with Gasteiger partial charge in [-0.3, -0.25) is 9.59 Å². The zero-order valence-corrected chi connectivity index (χ0v) is 11.3. The molecule has 2 rings (SSSR count). The van der Waals surface area contributed by atoms with Crippen LogP contribution in [0.3, 0.4) is 0 Å². The number of rotatable bonds is 5. The number of hydrogen-bond acceptors (Lipinski definition) is 3. The highest BCUT2D eigenvalue weighted by Crippen LogP contribution is 2.20. The fraction of sp³-hybridized carbons (Fsp3) is 0.286. The maximum Gasteiger partial charge on any atom is 0.239 e. The second-order valence-electron chi connectivity index (χ2n) is 4.48. The van der Waals surface area contributed by atoms with E-state index >= 15 is 0 Å². The van der Waals surface area contributed by atoms with Crippen molar-refractivity contribution in [1.29, 1.82) is 0 Å². The maximum atomic E-state index is 11.5. The topological polar surface area (TPSA) is 89.2 Å². The number of fused-ring (bicyclic) bond motifs is 1. The Morgan fingerprint density at radius 2 is 2.05 bits per heavy atom. The average Bonchev–Trinajstić information content (AvgIpc) is 2.81. The summed E-state index contributed by atoms with van der Waals surface area (Å²) >= 11 is 0. The van der Waals surface area contributed by atoms with E-state index in [1.165, 1.54) is 0 Å². The minimum Gasteiger partial charge on any atom is -0.358 e. The van der Waals surface area contributed by atoms with Crippen LogP contribution in [0.2, 0.25) is 0 Å². The summed E-state index contributed by atoms with van der Waals surface area (Å²) in [6.07, 6.45) is 2.14. The van der Waals surface area contributed by atoms with Gasteiger partial charge in [-0.05, 0) is 23.6 Å². The third kappa shape index (κ3) is 3.16. The van der Waals surface area contributed by atoms with Crippen molar-refractivity contribution >= 4 is 28.4 Å². The molecule has 0 atom stereocenters. The lowest BCUT2D eigenvalue weighted by Gasteiger charge is -2.07. The molecular formula is C14H18N4O2. The molecule has 1 heterocycles. The normalized spacial score (nSPS) is 10.5. The van der Waals surface area contributed by atoms with Gasteiger partial charge < -0.3 is 20.9 Å². The summed E-state index contributed by atoms with van der Waals surface area (Å²) in [6.45, 7) is 0.571. The summed E-state index contributed by atoms with van der Waals surface area (Å²) in [4.78, 5) is 23.0. The molecule has 0 radical (unpaired) electrons. The molecule has 20 heavy (non-hydrogen) atoms. The van der Waals surface area contributed by atoms with E-state index in [2.05, 4.69) is 10.6 Å². The number of aromatic nitrogens is 1. The number of carbonyl (C=O) groups is 2. The SMILES string of the molecule is CNC(=O)Cn1ccc2ccc(NC(=O)CCN)cc21. The van der Waals surface area contributed by atoms with E-state index in [-0.39, 0.29) is 24.8 Å². The Morgan fingerprint density at radius 3 is 2.75 bits per heavy atom. The van der Waals surface area contributed by atoms with Crippen LogP contribution in [-0.4, -0.2) is 30.0 Å². The molecule has 6 nitrogen and oxygen atoms in total. The zero-order valence-electron chi connectivity index (χ0n) is 11.3. The lowest BCUT2D eigenvalue weighted by atomic mass is 10.2.